The van der Waals surface area contributed by atoms with Gasteiger partial charge in [-0.05, 0) is 42.8 Å². The predicted molar refractivity (Wildman–Crippen MR) is 114 cm³/mol. The van der Waals surface area contributed by atoms with Gasteiger partial charge in [0.1, 0.15) is 11.5 Å². The number of aryl methyl sites for hydroxylation is 1. The smallest absolute Gasteiger partial charge is 0.298 e. The SMILES string of the molecule is Cc1ccc(F)cc1N(C)C(=O)NN=Cc1cnc2ccc(-c3cccnc3)cn12. The van der Waals surface area contributed by atoms with Gasteiger partial charge < -0.3 is 0 Å². The molecule has 4 rings (SSSR count). The highest BCUT2D eigenvalue weighted by Gasteiger charge is 2.13. The van der Waals surface area contributed by atoms with E-state index in [1.807, 2.05) is 34.9 Å². The molecule has 30 heavy (non-hydrogen) atoms. The number of fused-ring (bicyclic) bond motifs is 1. The maximum Gasteiger partial charge on any atom is 0.342 e. The lowest BCUT2D eigenvalue weighted by atomic mass is 10.1. The molecular formula is C22H19FN6O. The number of aromatic nitrogens is 3. The molecule has 0 atom stereocenters. The second-order valence-corrected chi connectivity index (χ2v) is 6.74. The number of carbonyl (C=O) groups is 1. The zero-order valence-electron chi connectivity index (χ0n) is 16.5. The largest absolute Gasteiger partial charge is 0.342 e. The molecule has 0 aliphatic heterocycles. The van der Waals surface area contributed by atoms with E-state index in [-0.39, 0.29) is 0 Å². The van der Waals surface area contributed by atoms with Crippen LogP contribution < -0.4 is 10.3 Å². The molecule has 2 amide bonds. The molecule has 0 saturated carbocycles. The number of pyridine rings is 2. The zero-order valence-corrected chi connectivity index (χ0v) is 16.5. The maximum absolute atomic E-state index is 13.5. The molecule has 0 unspecified atom stereocenters. The lowest BCUT2D eigenvalue weighted by Gasteiger charge is -2.18. The van der Waals surface area contributed by atoms with Gasteiger partial charge in [0.2, 0.25) is 0 Å². The van der Waals surface area contributed by atoms with Crippen LogP contribution in [0.3, 0.4) is 0 Å². The quantitative estimate of drug-likeness (QED) is 0.414. The molecule has 0 aliphatic rings. The van der Waals surface area contributed by atoms with Crippen LogP contribution in [0.4, 0.5) is 14.9 Å². The molecule has 0 saturated heterocycles. The summed E-state index contributed by atoms with van der Waals surface area (Å²) in [5, 5.41) is 4.03. The van der Waals surface area contributed by atoms with Gasteiger partial charge in [-0.2, -0.15) is 5.10 Å². The standard InChI is InChI=1S/C22H19FN6O/c1-15-5-7-18(23)10-20(15)28(2)22(30)27-26-13-19-12-25-21-8-6-17(14-29(19)21)16-4-3-9-24-11-16/h3-14H,1-2H3,(H,27,30). The van der Waals surface area contributed by atoms with Crippen molar-refractivity contribution in [2.75, 3.05) is 11.9 Å². The lowest BCUT2D eigenvalue weighted by Crippen LogP contribution is -2.35. The number of benzene rings is 1. The minimum Gasteiger partial charge on any atom is -0.298 e. The van der Waals surface area contributed by atoms with Crippen LogP contribution in [0.15, 0.2) is 72.4 Å². The second-order valence-electron chi connectivity index (χ2n) is 6.74. The molecular weight excluding hydrogens is 383 g/mol. The number of carbonyl (C=O) groups excluding carboxylic acids is 1. The number of hydrogen-bond donors (Lipinski definition) is 1. The fourth-order valence-electron chi connectivity index (χ4n) is 3.08. The molecule has 0 bridgehead atoms. The summed E-state index contributed by atoms with van der Waals surface area (Å²) in [5.41, 5.74) is 7.12. The van der Waals surface area contributed by atoms with Crippen molar-refractivity contribution in [3.05, 3.63) is 84.3 Å². The number of nitrogens with one attached hydrogen (secondary N) is 1. The van der Waals surface area contributed by atoms with Crippen LogP contribution in [0.5, 0.6) is 0 Å². The minimum atomic E-state index is -0.482. The number of hydrazone groups is 1. The molecule has 0 spiro atoms. The summed E-state index contributed by atoms with van der Waals surface area (Å²) >= 11 is 0. The van der Waals surface area contributed by atoms with Crippen LogP contribution in [-0.4, -0.2) is 33.7 Å². The van der Waals surface area contributed by atoms with Gasteiger partial charge in [-0.1, -0.05) is 12.1 Å². The van der Waals surface area contributed by atoms with E-state index in [2.05, 4.69) is 20.5 Å². The van der Waals surface area contributed by atoms with E-state index in [9.17, 15) is 9.18 Å². The molecule has 3 aromatic heterocycles. The van der Waals surface area contributed by atoms with Gasteiger partial charge in [-0.25, -0.2) is 19.6 Å². The molecule has 150 valence electrons. The van der Waals surface area contributed by atoms with Crippen LogP contribution in [0.1, 0.15) is 11.3 Å². The first-order chi connectivity index (χ1) is 14.5. The fourth-order valence-corrected chi connectivity index (χ4v) is 3.08. The van der Waals surface area contributed by atoms with E-state index in [4.69, 9.17) is 0 Å². The van der Waals surface area contributed by atoms with Crippen LogP contribution in [0, 0.1) is 12.7 Å². The third-order valence-corrected chi connectivity index (χ3v) is 4.72. The molecule has 7 nitrogen and oxygen atoms in total. The molecule has 8 heteroatoms. The first-order valence-corrected chi connectivity index (χ1v) is 9.23. The van der Waals surface area contributed by atoms with Crippen LogP contribution in [-0.2, 0) is 0 Å². The Hall–Kier alpha value is -4.07. The molecule has 0 radical (unpaired) electrons. The number of rotatable bonds is 4. The Labute approximate surface area is 172 Å². The lowest BCUT2D eigenvalue weighted by molar-refractivity contribution is 0.248. The summed E-state index contributed by atoms with van der Waals surface area (Å²) in [7, 11) is 1.56. The Kier molecular flexibility index (Phi) is 5.21. The van der Waals surface area contributed by atoms with Crippen LogP contribution in [0.25, 0.3) is 16.8 Å². The predicted octanol–water partition coefficient (Wildman–Crippen LogP) is 4.02. The summed E-state index contributed by atoms with van der Waals surface area (Å²) in [6, 6.07) is 11.5. The van der Waals surface area contributed by atoms with E-state index in [1.54, 1.807) is 38.6 Å². The average molecular weight is 402 g/mol. The molecule has 1 N–H and O–H groups in total. The topological polar surface area (TPSA) is 74.9 Å². The van der Waals surface area contributed by atoms with Gasteiger partial charge in [0.05, 0.1) is 23.8 Å². The minimum absolute atomic E-state index is 0.408. The third-order valence-electron chi connectivity index (χ3n) is 4.72. The summed E-state index contributed by atoms with van der Waals surface area (Å²) in [6.07, 6.45) is 8.62. The Balaban J connectivity index is 1.52. The summed E-state index contributed by atoms with van der Waals surface area (Å²) in [5.74, 6) is -0.408. The van der Waals surface area contributed by atoms with Crippen molar-refractivity contribution < 1.29 is 9.18 Å². The van der Waals surface area contributed by atoms with Crippen LogP contribution in [0.2, 0.25) is 0 Å². The van der Waals surface area contributed by atoms with Crippen molar-refractivity contribution in [3.8, 4) is 11.1 Å². The van der Waals surface area contributed by atoms with Crippen molar-refractivity contribution >= 4 is 23.6 Å². The molecule has 0 aliphatic carbocycles. The Morgan fingerprint density at radius 2 is 2.07 bits per heavy atom. The van der Waals surface area contributed by atoms with Crippen molar-refractivity contribution in [1.29, 1.82) is 0 Å². The molecule has 3 heterocycles. The van der Waals surface area contributed by atoms with Crippen molar-refractivity contribution in [1.82, 2.24) is 19.8 Å². The Morgan fingerprint density at radius 3 is 2.87 bits per heavy atom. The number of nitrogens with zero attached hydrogens (tertiary/aromatic N) is 5. The third kappa shape index (κ3) is 3.88. The van der Waals surface area contributed by atoms with Gasteiger partial charge in [0, 0.05) is 36.8 Å². The normalized spacial score (nSPS) is 11.2. The van der Waals surface area contributed by atoms with E-state index in [0.717, 1.165) is 22.3 Å². The molecule has 1 aromatic carbocycles. The summed E-state index contributed by atoms with van der Waals surface area (Å²) < 4.78 is 15.4. The number of urea groups is 1. The van der Waals surface area contributed by atoms with Gasteiger partial charge in [0.15, 0.2) is 0 Å². The highest BCUT2D eigenvalue weighted by Crippen LogP contribution is 2.20. The zero-order chi connectivity index (χ0) is 21.1. The monoisotopic (exact) mass is 402 g/mol. The fraction of sp³-hybridized carbons (Fsp3) is 0.0909. The Bertz CT molecular complexity index is 1240. The molecule has 4 aromatic rings. The van der Waals surface area contributed by atoms with Crippen molar-refractivity contribution in [3.63, 3.8) is 0 Å². The van der Waals surface area contributed by atoms with Gasteiger partial charge in [0.25, 0.3) is 0 Å². The highest BCUT2D eigenvalue weighted by molar-refractivity contribution is 5.93. The highest BCUT2D eigenvalue weighted by atomic mass is 19.1. The number of hydrogen-bond acceptors (Lipinski definition) is 4. The number of amides is 2. The average Bonchev–Trinajstić information content (AvgIpc) is 3.17. The van der Waals surface area contributed by atoms with E-state index >= 15 is 0 Å². The van der Waals surface area contributed by atoms with Gasteiger partial charge >= 0.3 is 6.03 Å². The van der Waals surface area contributed by atoms with Crippen molar-refractivity contribution in [2.45, 2.75) is 6.92 Å². The van der Waals surface area contributed by atoms with E-state index in [0.29, 0.717) is 11.4 Å². The summed E-state index contributed by atoms with van der Waals surface area (Å²) in [6.45, 7) is 1.81. The van der Waals surface area contributed by atoms with E-state index in [1.165, 1.54) is 23.2 Å². The molecule has 0 fully saturated rings. The first kappa shape index (κ1) is 19.3. The first-order valence-electron chi connectivity index (χ1n) is 9.23. The van der Waals surface area contributed by atoms with Gasteiger partial charge in [-0.3, -0.25) is 14.3 Å². The van der Waals surface area contributed by atoms with Crippen molar-refractivity contribution in [2.24, 2.45) is 5.10 Å². The van der Waals surface area contributed by atoms with Crippen LogP contribution >= 0.6 is 0 Å². The number of imidazole rings is 1. The number of halogens is 1. The number of anilines is 1. The van der Waals surface area contributed by atoms with E-state index < -0.39 is 11.8 Å². The Morgan fingerprint density at radius 1 is 1.20 bits per heavy atom. The van der Waals surface area contributed by atoms with Gasteiger partial charge in [-0.15, -0.1) is 0 Å². The maximum atomic E-state index is 13.5. The second kappa shape index (κ2) is 8.12. The summed E-state index contributed by atoms with van der Waals surface area (Å²) in [4.78, 5) is 22.2.